The first-order chi connectivity index (χ1) is 14.9. The number of aromatic nitrogens is 3. The second kappa shape index (κ2) is 7.47. The summed E-state index contributed by atoms with van der Waals surface area (Å²) in [5.74, 6) is -0.141. The van der Waals surface area contributed by atoms with Crippen LogP contribution in [0.1, 0.15) is 16.1 Å². The van der Waals surface area contributed by atoms with Crippen LogP contribution in [-0.2, 0) is 23.6 Å². The van der Waals surface area contributed by atoms with Crippen molar-refractivity contribution in [2.75, 3.05) is 13.1 Å². The third kappa shape index (κ3) is 3.37. The lowest BCUT2D eigenvalue weighted by Crippen LogP contribution is -2.46. The number of carbonyl (C=O) groups excluding carboxylic acids is 1. The molecular weight excluding hydrogens is 418 g/mol. The van der Waals surface area contributed by atoms with Gasteiger partial charge in [-0.25, -0.2) is 13.4 Å². The Bertz CT molecular complexity index is 1230. The molecule has 2 atom stereocenters. The van der Waals surface area contributed by atoms with Gasteiger partial charge in [-0.05, 0) is 23.8 Å². The van der Waals surface area contributed by atoms with Crippen LogP contribution in [-0.4, -0.2) is 63.5 Å². The third-order valence-corrected chi connectivity index (χ3v) is 7.59. The summed E-state index contributed by atoms with van der Waals surface area (Å²) < 4.78 is 36.3. The van der Waals surface area contributed by atoms with Gasteiger partial charge in [0.05, 0.1) is 12.6 Å². The Morgan fingerprint density at radius 1 is 1.10 bits per heavy atom. The molecule has 0 aliphatic carbocycles. The van der Waals surface area contributed by atoms with E-state index in [9.17, 15) is 13.2 Å². The van der Waals surface area contributed by atoms with Crippen LogP contribution in [0.2, 0.25) is 0 Å². The predicted octanol–water partition coefficient (Wildman–Crippen LogP) is 1.29. The molecule has 9 nitrogen and oxygen atoms in total. The standard InChI is InChI=1S/C21H21N5O4S/c1-24-16(9-11-23-24)21(27)25-13-17-18(14-25)30-20-19(8-5-10-22-20)31(28,29)26(17)12-15-6-3-2-4-7-15/h2-11,17-18H,12-14H2,1H3/t17-,18+/m1/s1. The normalized spacial score (nSPS) is 22.3. The molecule has 0 radical (unpaired) electrons. The van der Waals surface area contributed by atoms with Crippen LogP contribution >= 0.6 is 0 Å². The second-order valence-electron chi connectivity index (χ2n) is 7.62. The number of pyridine rings is 1. The fourth-order valence-corrected chi connectivity index (χ4v) is 5.84. The van der Waals surface area contributed by atoms with Crippen molar-refractivity contribution in [1.29, 1.82) is 0 Å². The first kappa shape index (κ1) is 19.7. The molecule has 2 aromatic heterocycles. The summed E-state index contributed by atoms with van der Waals surface area (Å²) in [6, 6.07) is 13.6. The summed E-state index contributed by atoms with van der Waals surface area (Å²) in [6.45, 7) is 0.649. The molecule has 2 aliphatic rings. The molecule has 2 aliphatic heterocycles. The predicted molar refractivity (Wildman–Crippen MR) is 111 cm³/mol. The van der Waals surface area contributed by atoms with E-state index in [1.807, 2.05) is 30.3 Å². The van der Waals surface area contributed by atoms with Crippen LogP contribution in [0.3, 0.4) is 0 Å². The molecule has 4 heterocycles. The number of likely N-dealkylation sites (tertiary alicyclic amines) is 1. The highest BCUT2D eigenvalue weighted by Crippen LogP contribution is 2.36. The molecule has 0 unspecified atom stereocenters. The highest BCUT2D eigenvalue weighted by Gasteiger charge is 2.48. The lowest BCUT2D eigenvalue weighted by Gasteiger charge is -2.28. The van der Waals surface area contributed by atoms with E-state index >= 15 is 0 Å². The number of aryl methyl sites for hydroxylation is 1. The van der Waals surface area contributed by atoms with Crippen molar-refractivity contribution in [3.8, 4) is 5.88 Å². The van der Waals surface area contributed by atoms with Crippen LogP contribution in [0.5, 0.6) is 5.88 Å². The average Bonchev–Trinajstić information content (AvgIpc) is 3.37. The second-order valence-corrected chi connectivity index (χ2v) is 9.48. The Kier molecular flexibility index (Phi) is 4.75. The molecule has 0 spiro atoms. The molecule has 3 aromatic rings. The zero-order valence-corrected chi connectivity index (χ0v) is 17.6. The van der Waals surface area contributed by atoms with Gasteiger partial charge in [0.1, 0.15) is 16.7 Å². The highest BCUT2D eigenvalue weighted by molar-refractivity contribution is 7.89. The van der Waals surface area contributed by atoms with Crippen molar-refractivity contribution in [1.82, 2.24) is 24.0 Å². The van der Waals surface area contributed by atoms with E-state index in [0.717, 1.165) is 5.56 Å². The maximum atomic E-state index is 13.6. The van der Waals surface area contributed by atoms with Gasteiger partial charge >= 0.3 is 0 Å². The van der Waals surface area contributed by atoms with Crippen molar-refractivity contribution >= 4 is 15.9 Å². The van der Waals surface area contributed by atoms with Crippen molar-refractivity contribution in [2.24, 2.45) is 7.05 Å². The molecule has 1 fully saturated rings. The Morgan fingerprint density at radius 3 is 2.65 bits per heavy atom. The summed E-state index contributed by atoms with van der Waals surface area (Å²) in [4.78, 5) is 18.9. The number of ether oxygens (including phenoxy) is 1. The zero-order valence-electron chi connectivity index (χ0n) is 16.8. The highest BCUT2D eigenvalue weighted by atomic mass is 32.2. The Balaban J connectivity index is 1.54. The lowest BCUT2D eigenvalue weighted by atomic mass is 10.1. The molecule has 0 N–H and O–H groups in total. The molecule has 1 aromatic carbocycles. The van der Waals surface area contributed by atoms with Gasteiger partial charge < -0.3 is 9.64 Å². The van der Waals surface area contributed by atoms with Gasteiger partial charge in [-0.1, -0.05) is 30.3 Å². The van der Waals surface area contributed by atoms with E-state index in [-0.39, 0.29) is 36.3 Å². The first-order valence-corrected chi connectivity index (χ1v) is 11.3. The number of sulfonamides is 1. The van der Waals surface area contributed by atoms with Gasteiger partial charge in [-0.2, -0.15) is 9.40 Å². The molecule has 1 amide bonds. The Labute approximate surface area is 179 Å². The Hall–Kier alpha value is -3.24. The largest absolute Gasteiger partial charge is 0.470 e. The quantitative estimate of drug-likeness (QED) is 0.610. The van der Waals surface area contributed by atoms with Crippen LogP contribution < -0.4 is 4.74 Å². The van der Waals surface area contributed by atoms with E-state index in [0.29, 0.717) is 5.69 Å². The minimum atomic E-state index is -3.89. The van der Waals surface area contributed by atoms with Crippen molar-refractivity contribution in [2.45, 2.75) is 23.6 Å². The smallest absolute Gasteiger partial charge is 0.272 e. The summed E-state index contributed by atoms with van der Waals surface area (Å²) in [6.07, 6.45) is 2.53. The summed E-state index contributed by atoms with van der Waals surface area (Å²) in [5, 5.41) is 4.06. The molecule has 31 heavy (non-hydrogen) atoms. The summed E-state index contributed by atoms with van der Waals surface area (Å²) in [5.41, 5.74) is 1.29. The third-order valence-electron chi connectivity index (χ3n) is 5.70. The zero-order chi connectivity index (χ0) is 21.6. The molecule has 1 saturated heterocycles. The SMILES string of the molecule is Cn1nccc1C(=O)N1C[C@@H]2Oc3ncccc3S(=O)(=O)N(Cc3ccccc3)[C@@H]2C1. The first-order valence-electron chi connectivity index (χ1n) is 9.90. The van der Waals surface area contributed by atoms with E-state index < -0.39 is 22.2 Å². The van der Waals surface area contributed by atoms with Gasteiger partial charge in [-0.3, -0.25) is 9.48 Å². The number of benzene rings is 1. The number of hydrogen-bond acceptors (Lipinski definition) is 6. The van der Waals surface area contributed by atoms with Crippen LogP contribution in [0, 0.1) is 0 Å². The van der Waals surface area contributed by atoms with Crippen molar-refractivity contribution < 1.29 is 17.9 Å². The van der Waals surface area contributed by atoms with Crippen molar-refractivity contribution in [3.05, 3.63) is 72.2 Å². The number of hydrogen-bond donors (Lipinski definition) is 0. The summed E-state index contributed by atoms with van der Waals surface area (Å²) >= 11 is 0. The minimum absolute atomic E-state index is 0.0462. The number of fused-ring (bicyclic) bond motifs is 2. The molecule has 160 valence electrons. The van der Waals surface area contributed by atoms with E-state index in [4.69, 9.17) is 4.74 Å². The molecule has 10 heteroatoms. The van der Waals surface area contributed by atoms with Crippen molar-refractivity contribution in [3.63, 3.8) is 0 Å². The molecular formula is C21H21N5O4S. The fourth-order valence-electron chi connectivity index (χ4n) is 4.14. The van der Waals surface area contributed by atoms with E-state index in [1.54, 1.807) is 30.3 Å². The monoisotopic (exact) mass is 439 g/mol. The van der Waals surface area contributed by atoms with Crippen LogP contribution in [0.4, 0.5) is 0 Å². The van der Waals surface area contributed by atoms with Gasteiger partial charge in [0, 0.05) is 32.5 Å². The Morgan fingerprint density at radius 2 is 1.90 bits per heavy atom. The number of carbonyl (C=O) groups is 1. The average molecular weight is 439 g/mol. The van der Waals surface area contributed by atoms with Crippen LogP contribution in [0.15, 0.2) is 65.8 Å². The maximum Gasteiger partial charge on any atom is 0.272 e. The van der Waals surface area contributed by atoms with Gasteiger partial charge in [0.2, 0.25) is 15.9 Å². The topological polar surface area (TPSA) is 97.6 Å². The van der Waals surface area contributed by atoms with Gasteiger partial charge in [-0.15, -0.1) is 0 Å². The molecule has 5 rings (SSSR count). The minimum Gasteiger partial charge on any atom is -0.470 e. The molecule has 0 bridgehead atoms. The van der Waals surface area contributed by atoms with E-state index in [2.05, 4.69) is 10.1 Å². The van der Waals surface area contributed by atoms with Gasteiger partial charge in [0.25, 0.3) is 5.91 Å². The molecule has 0 saturated carbocycles. The van der Waals surface area contributed by atoms with Gasteiger partial charge in [0.15, 0.2) is 0 Å². The number of amides is 1. The fraction of sp³-hybridized carbons (Fsp3) is 0.286. The van der Waals surface area contributed by atoms with E-state index in [1.165, 1.54) is 21.3 Å². The number of nitrogens with zero attached hydrogens (tertiary/aromatic N) is 5. The summed E-state index contributed by atoms with van der Waals surface area (Å²) in [7, 11) is -2.19. The lowest BCUT2D eigenvalue weighted by molar-refractivity contribution is 0.0759. The van der Waals surface area contributed by atoms with Crippen LogP contribution in [0.25, 0.3) is 0 Å². The number of rotatable bonds is 3. The maximum absolute atomic E-state index is 13.6.